The van der Waals surface area contributed by atoms with E-state index in [1.165, 1.54) is 96.4 Å². The Labute approximate surface area is 141 Å². The fraction of sp³-hybridized carbons (Fsp3) is 1.00. The molecular weight excluding hydrogens is 322 g/mol. The Morgan fingerprint density at radius 1 is 0.762 bits per heavy atom. The highest BCUT2D eigenvalue weighted by molar-refractivity contribution is 9.09. The lowest BCUT2D eigenvalue weighted by atomic mass is 10.0. The maximum atomic E-state index is 3.84. The first kappa shape index (κ1) is 17.8. The summed E-state index contributed by atoms with van der Waals surface area (Å²) in [6, 6.07) is 1.82. The van der Waals surface area contributed by atoms with Crippen LogP contribution in [0.25, 0.3) is 0 Å². The maximum absolute atomic E-state index is 3.84. The van der Waals surface area contributed by atoms with Gasteiger partial charge in [-0.3, -0.25) is 4.90 Å². The Kier molecular flexibility index (Phi) is 8.69. The van der Waals surface area contributed by atoms with Crippen LogP contribution < -0.4 is 0 Å². The van der Waals surface area contributed by atoms with Gasteiger partial charge in [0.2, 0.25) is 0 Å². The number of alkyl halides is 1. The molecule has 2 heteroatoms. The quantitative estimate of drug-likeness (QED) is 0.309. The molecule has 2 unspecified atom stereocenters. The highest BCUT2D eigenvalue weighted by Crippen LogP contribution is 2.38. The van der Waals surface area contributed by atoms with Crippen molar-refractivity contribution in [1.29, 1.82) is 0 Å². The van der Waals surface area contributed by atoms with E-state index in [1.54, 1.807) is 0 Å². The summed E-state index contributed by atoms with van der Waals surface area (Å²) in [5, 5.41) is 0. The van der Waals surface area contributed by atoms with Gasteiger partial charge < -0.3 is 0 Å². The molecule has 0 aromatic carbocycles. The van der Waals surface area contributed by atoms with E-state index >= 15 is 0 Å². The zero-order chi connectivity index (χ0) is 14.9. The SMILES string of the molecule is CCCCCCCCCCCCN1C2CCC1CC(Br)C2. The summed E-state index contributed by atoms with van der Waals surface area (Å²) in [6.07, 6.45) is 20.3. The zero-order valence-corrected chi connectivity index (χ0v) is 15.7. The Bertz CT molecular complexity index is 254. The number of nitrogens with zero attached hydrogens (tertiary/aromatic N) is 1. The van der Waals surface area contributed by atoms with Gasteiger partial charge >= 0.3 is 0 Å². The number of hydrogen-bond acceptors (Lipinski definition) is 1. The monoisotopic (exact) mass is 357 g/mol. The van der Waals surface area contributed by atoms with E-state index in [1.807, 2.05) is 0 Å². The highest BCUT2D eigenvalue weighted by atomic mass is 79.9. The number of halogens is 1. The second-order valence-corrected chi connectivity index (χ2v) is 8.67. The molecule has 0 aromatic rings. The Hall–Kier alpha value is 0.440. The topological polar surface area (TPSA) is 3.24 Å². The Balaban J connectivity index is 1.42. The first-order chi connectivity index (χ1) is 10.3. The third kappa shape index (κ3) is 6.22. The largest absolute Gasteiger partial charge is 0.297 e. The number of hydrogen-bond donors (Lipinski definition) is 0. The summed E-state index contributed by atoms with van der Waals surface area (Å²) < 4.78 is 0. The maximum Gasteiger partial charge on any atom is 0.0175 e. The van der Waals surface area contributed by atoms with Crippen molar-refractivity contribution >= 4 is 15.9 Å². The van der Waals surface area contributed by atoms with Crippen molar-refractivity contribution in [3.05, 3.63) is 0 Å². The van der Waals surface area contributed by atoms with Gasteiger partial charge in [0.15, 0.2) is 0 Å². The minimum Gasteiger partial charge on any atom is -0.297 e. The summed E-state index contributed by atoms with van der Waals surface area (Å²) in [7, 11) is 0. The fourth-order valence-electron chi connectivity index (χ4n) is 4.35. The molecular formula is C19H36BrN. The van der Waals surface area contributed by atoms with Gasteiger partial charge in [-0.05, 0) is 38.6 Å². The molecule has 2 bridgehead atoms. The first-order valence-corrected chi connectivity index (χ1v) is 10.6. The molecule has 0 N–H and O–H groups in total. The van der Waals surface area contributed by atoms with Crippen LogP contribution in [0.4, 0.5) is 0 Å². The van der Waals surface area contributed by atoms with Crippen molar-refractivity contribution in [3.63, 3.8) is 0 Å². The molecule has 1 nitrogen and oxygen atoms in total. The summed E-state index contributed by atoms with van der Waals surface area (Å²) in [6.45, 7) is 3.68. The van der Waals surface area contributed by atoms with Crippen LogP contribution in [0, 0.1) is 0 Å². The van der Waals surface area contributed by atoms with Crippen LogP contribution in [0.1, 0.15) is 96.8 Å². The molecule has 0 aliphatic carbocycles. The van der Waals surface area contributed by atoms with Crippen molar-refractivity contribution < 1.29 is 0 Å². The van der Waals surface area contributed by atoms with Gasteiger partial charge in [0.25, 0.3) is 0 Å². The third-order valence-corrected chi connectivity index (χ3v) is 6.34. The van der Waals surface area contributed by atoms with Crippen molar-refractivity contribution in [2.45, 2.75) is 114 Å². The number of piperidine rings is 1. The Morgan fingerprint density at radius 2 is 1.24 bits per heavy atom. The van der Waals surface area contributed by atoms with E-state index in [4.69, 9.17) is 0 Å². The molecule has 2 atom stereocenters. The molecule has 2 aliphatic rings. The lowest BCUT2D eigenvalue weighted by molar-refractivity contribution is 0.142. The number of unbranched alkanes of at least 4 members (excludes halogenated alkanes) is 9. The van der Waals surface area contributed by atoms with E-state index in [2.05, 4.69) is 27.8 Å². The van der Waals surface area contributed by atoms with Crippen LogP contribution in [0.15, 0.2) is 0 Å². The molecule has 0 radical (unpaired) electrons. The summed E-state index contributed by atoms with van der Waals surface area (Å²) >= 11 is 3.84. The number of rotatable bonds is 11. The molecule has 0 amide bonds. The van der Waals surface area contributed by atoms with Crippen LogP contribution >= 0.6 is 15.9 Å². The van der Waals surface area contributed by atoms with Crippen molar-refractivity contribution in [1.82, 2.24) is 4.90 Å². The van der Waals surface area contributed by atoms with E-state index in [-0.39, 0.29) is 0 Å². The van der Waals surface area contributed by atoms with E-state index in [0.29, 0.717) is 0 Å². The van der Waals surface area contributed by atoms with Gasteiger partial charge in [0, 0.05) is 16.9 Å². The molecule has 2 aliphatic heterocycles. The summed E-state index contributed by atoms with van der Waals surface area (Å²) in [5.74, 6) is 0. The van der Waals surface area contributed by atoms with Gasteiger partial charge in [0.05, 0.1) is 0 Å². The van der Waals surface area contributed by atoms with Crippen LogP contribution in [-0.4, -0.2) is 28.4 Å². The number of fused-ring (bicyclic) bond motifs is 2. The Morgan fingerprint density at radius 3 is 1.76 bits per heavy atom. The van der Waals surface area contributed by atoms with Gasteiger partial charge in [-0.2, -0.15) is 0 Å². The molecule has 2 rings (SSSR count). The predicted octanol–water partition coefficient (Wildman–Crippen LogP) is 6.30. The minimum absolute atomic E-state index is 0.805. The molecule has 0 spiro atoms. The van der Waals surface area contributed by atoms with Gasteiger partial charge in [-0.1, -0.05) is 80.6 Å². The van der Waals surface area contributed by atoms with E-state index in [9.17, 15) is 0 Å². The van der Waals surface area contributed by atoms with Crippen LogP contribution in [0.2, 0.25) is 0 Å². The fourth-order valence-corrected chi connectivity index (χ4v) is 5.22. The normalized spacial score (nSPS) is 29.1. The zero-order valence-electron chi connectivity index (χ0n) is 14.2. The molecule has 0 saturated carbocycles. The first-order valence-electron chi connectivity index (χ1n) is 9.71. The third-order valence-electron chi connectivity index (χ3n) is 5.60. The highest BCUT2D eigenvalue weighted by Gasteiger charge is 2.39. The molecule has 2 fully saturated rings. The van der Waals surface area contributed by atoms with Crippen molar-refractivity contribution in [2.24, 2.45) is 0 Å². The van der Waals surface area contributed by atoms with Crippen molar-refractivity contribution in [3.8, 4) is 0 Å². The molecule has 124 valence electrons. The second-order valence-electron chi connectivity index (χ2n) is 7.37. The summed E-state index contributed by atoms with van der Waals surface area (Å²) in [5.41, 5.74) is 0. The minimum atomic E-state index is 0.805. The molecule has 2 saturated heterocycles. The molecule has 21 heavy (non-hydrogen) atoms. The van der Waals surface area contributed by atoms with Crippen LogP contribution in [0.5, 0.6) is 0 Å². The predicted molar refractivity (Wildman–Crippen MR) is 97.3 cm³/mol. The van der Waals surface area contributed by atoms with E-state index < -0.39 is 0 Å². The average molecular weight is 358 g/mol. The lowest BCUT2D eigenvalue weighted by Crippen LogP contribution is -2.43. The van der Waals surface area contributed by atoms with Gasteiger partial charge in [-0.15, -0.1) is 0 Å². The second kappa shape index (κ2) is 10.3. The van der Waals surface area contributed by atoms with Gasteiger partial charge in [0.1, 0.15) is 0 Å². The summed E-state index contributed by atoms with van der Waals surface area (Å²) in [4.78, 5) is 3.65. The molecule has 2 heterocycles. The smallest absolute Gasteiger partial charge is 0.0175 e. The molecule has 0 aromatic heterocycles. The van der Waals surface area contributed by atoms with Crippen molar-refractivity contribution in [2.75, 3.05) is 6.54 Å². The lowest BCUT2D eigenvalue weighted by Gasteiger charge is -2.37. The standard InChI is InChI=1S/C19H36BrN/c1-2-3-4-5-6-7-8-9-10-11-14-21-18-12-13-19(21)16-17(20)15-18/h17-19H,2-16H2,1H3. The van der Waals surface area contributed by atoms with Crippen LogP contribution in [0.3, 0.4) is 0 Å². The average Bonchev–Trinajstić information content (AvgIpc) is 2.71. The van der Waals surface area contributed by atoms with Crippen LogP contribution in [-0.2, 0) is 0 Å². The van der Waals surface area contributed by atoms with E-state index in [0.717, 1.165) is 16.9 Å². The van der Waals surface area contributed by atoms with Gasteiger partial charge in [-0.25, -0.2) is 0 Å².